The zero-order valence-corrected chi connectivity index (χ0v) is 11.9. The molecule has 1 aromatic heterocycles. The molecule has 0 aliphatic heterocycles. The topological polar surface area (TPSA) is 60.1 Å². The molecule has 0 aliphatic carbocycles. The summed E-state index contributed by atoms with van der Waals surface area (Å²) in [6.45, 7) is 9.17. The van der Waals surface area contributed by atoms with Crippen LogP contribution in [0.5, 0.6) is 0 Å². The number of carbonyl (C=O) groups excluding carboxylic acids is 1. The van der Waals surface area contributed by atoms with Gasteiger partial charge in [-0.15, -0.1) is 0 Å². The van der Waals surface area contributed by atoms with Crippen LogP contribution >= 0.6 is 0 Å². The van der Waals surface area contributed by atoms with Crippen molar-refractivity contribution in [3.63, 3.8) is 0 Å². The van der Waals surface area contributed by atoms with Gasteiger partial charge in [-0.3, -0.25) is 4.79 Å². The zero-order chi connectivity index (χ0) is 13.7. The van der Waals surface area contributed by atoms with Gasteiger partial charge in [0.15, 0.2) is 0 Å². The molecule has 1 heterocycles. The molecule has 4 nitrogen and oxygen atoms in total. The Bertz CT molecular complexity index is 398. The van der Waals surface area contributed by atoms with Crippen molar-refractivity contribution in [1.29, 1.82) is 0 Å². The second-order valence-corrected chi connectivity index (χ2v) is 5.07. The number of nitrogen functional groups attached to an aromatic ring is 1. The van der Waals surface area contributed by atoms with E-state index in [4.69, 9.17) is 5.73 Å². The molecule has 0 aromatic carbocycles. The molecule has 1 aromatic rings. The van der Waals surface area contributed by atoms with E-state index in [-0.39, 0.29) is 11.9 Å². The van der Waals surface area contributed by atoms with Crippen LogP contribution in [0.3, 0.4) is 0 Å². The molecule has 0 saturated carbocycles. The molecule has 0 bridgehead atoms. The van der Waals surface area contributed by atoms with Crippen LogP contribution in [0.4, 0.5) is 5.69 Å². The number of carbonyl (C=O) groups is 1. The molecular weight excluding hydrogens is 226 g/mol. The van der Waals surface area contributed by atoms with Crippen molar-refractivity contribution in [1.82, 2.24) is 9.88 Å². The van der Waals surface area contributed by atoms with Crippen molar-refractivity contribution < 1.29 is 4.79 Å². The molecule has 102 valence electrons. The number of hydrogen-bond acceptors (Lipinski definition) is 2. The quantitative estimate of drug-likeness (QED) is 0.816. The number of hydrogen-bond donors (Lipinski definition) is 2. The lowest BCUT2D eigenvalue weighted by molar-refractivity contribution is 0.0926. The fraction of sp³-hybridized carbons (Fsp3) is 0.643. The van der Waals surface area contributed by atoms with Crippen LogP contribution < -0.4 is 11.1 Å². The minimum absolute atomic E-state index is 0.0376. The van der Waals surface area contributed by atoms with Crippen molar-refractivity contribution in [2.24, 2.45) is 5.92 Å². The monoisotopic (exact) mass is 251 g/mol. The fourth-order valence-corrected chi connectivity index (χ4v) is 2.11. The summed E-state index contributed by atoms with van der Waals surface area (Å²) in [5.74, 6) is 0.590. The second-order valence-electron chi connectivity index (χ2n) is 5.07. The van der Waals surface area contributed by atoms with Crippen molar-refractivity contribution in [3.05, 3.63) is 18.0 Å². The molecule has 2 unspecified atom stereocenters. The summed E-state index contributed by atoms with van der Waals surface area (Å²) in [6, 6.07) is 1.92. The second kappa shape index (κ2) is 6.47. The van der Waals surface area contributed by atoms with E-state index in [1.54, 1.807) is 12.3 Å². The highest BCUT2D eigenvalue weighted by atomic mass is 16.2. The first-order chi connectivity index (χ1) is 8.47. The lowest BCUT2D eigenvalue weighted by Gasteiger charge is -2.18. The van der Waals surface area contributed by atoms with E-state index >= 15 is 0 Å². The van der Waals surface area contributed by atoms with E-state index in [1.165, 1.54) is 0 Å². The summed E-state index contributed by atoms with van der Waals surface area (Å²) < 4.78 is 1.88. The van der Waals surface area contributed by atoms with Gasteiger partial charge in [-0.05, 0) is 32.3 Å². The number of amides is 1. The number of nitrogens with one attached hydrogen (secondary N) is 1. The van der Waals surface area contributed by atoms with Gasteiger partial charge >= 0.3 is 0 Å². The van der Waals surface area contributed by atoms with Crippen LogP contribution in [0.2, 0.25) is 0 Å². The van der Waals surface area contributed by atoms with E-state index in [0.29, 0.717) is 17.3 Å². The molecule has 2 atom stereocenters. The number of nitrogens with two attached hydrogens (primary N) is 1. The Labute approximate surface area is 110 Å². The molecule has 1 amide bonds. The first kappa shape index (κ1) is 14.6. The van der Waals surface area contributed by atoms with E-state index < -0.39 is 0 Å². The van der Waals surface area contributed by atoms with Crippen LogP contribution in [0.15, 0.2) is 12.3 Å². The van der Waals surface area contributed by atoms with Crippen molar-refractivity contribution >= 4 is 11.6 Å². The van der Waals surface area contributed by atoms with Gasteiger partial charge in [-0.1, -0.05) is 20.3 Å². The molecule has 0 radical (unpaired) electrons. The summed E-state index contributed by atoms with van der Waals surface area (Å²) in [5, 5.41) is 3.03. The molecule has 18 heavy (non-hydrogen) atoms. The average Bonchev–Trinajstić information content (AvgIpc) is 2.70. The van der Waals surface area contributed by atoms with E-state index in [2.05, 4.69) is 19.2 Å². The minimum atomic E-state index is -0.0376. The Kier molecular flexibility index (Phi) is 5.25. The summed E-state index contributed by atoms with van der Waals surface area (Å²) >= 11 is 0. The molecule has 0 aliphatic rings. The Morgan fingerprint density at radius 2 is 2.11 bits per heavy atom. The van der Waals surface area contributed by atoms with Crippen molar-refractivity contribution in [3.8, 4) is 0 Å². The number of rotatable bonds is 6. The third-order valence-electron chi connectivity index (χ3n) is 3.32. The number of aryl methyl sites for hydroxylation is 1. The predicted octanol–water partition coefficient (Wildman–Crippen LogP) is 2.64. The normalized spacial score (nSPS) is 14.2. The van der Waals surface area contributed by atoms with Crippen LogP contribution in [0.25, 0.3) is 0 Å². The minimum Gasteiger partial charge on any atom is -0.397 e. The van der Waals surface area contributed by atoms with Gasteiger partial charge in [0.05, 0.1) is 5.69 Å². The first-order valence-corrected chi connectivity index (χ1v) is 6.74. The summed E-state index contributed by atoms with van der Waals surface area (Å²) in [5.41, 5.74) is 7.01. The van der Waals surface area contributed by atoms with E-state index in [1.807, 2.05) is 18.4 Å². The Hall–Kier alpha value is -1.45. The number of aromatic nitrogens is 1. The molecule has 4 heteroatoms. The predicted molar refractivity (Wildman–Crippen MR) is 75.5 cm³/mol. The maximum Gasteiger partial charge on any atom is 0.268 e. The lowest BCUT2D eigenvalue weighted by Crippen LogP contribution is -2.34. The Morgan fingerprint density at radius 3 is 2.67 bits per heavy atom. The van der Waals surface area contributed by atoms with Gasteiger partial charge in [0, 0.05) is 18.8 Å². The Balaban J connectivity index is 2.64. The zero-order valence-electron chi connectivity index (χ0n) is 11.9. The highest BCUT2D eigenvalue weighted by Gasteiger charge is 2.15. The van der Waals surface area contributed by atoms with Gasteiger partial charge in [-0.2, -0.15) is 0 Å². The first-order valence-electron chi connectivity index (χ1n) is 6.74. The fourth-order valence-electron chi connectivity index (χ4n) is 2.11. The van der Waals surface area contributed by atoms with Crippen molar-refractivity contribution in [2.75, 3.05) is 5.73 Å². The number of nitrogens with zero attached hydrogens (tertiary/aromatic N) is 1. The highest BCUT2D eigenvalue weighted by Crippen LogP contribution is 2.13. The van der Waals surface area contributed by atoms with Crippen LogP contribution in [-0.2, 0) is 6.54 Å². The molecule has 1 rings (SSSR count). The van der Waals surface area contributed by atoms with Crippen LogP contribution in [0.1, 0.15) is 51.0 Å². The summed E-state index contributed by atoms with van der Waals surface area (Å²) in [6.07, 6.45) is 3.94. The third-order valence-corrected chi connectivity index (χ3v) is 3.32. The van der Waals surface area contributed by atoms with Crippen molar-refractivity contribution in [2.45, 2.75) is 53.1 Å². The van der Waals surface area contributed by atoms with E-state index in [0.717, 1.165) is 19.4 Å². The number of anilines is 1. The van der Waals surface area contributed by atoms with Gasteiger partial charge in [0.2, 0.25) is 0 Å². The van der Waals surface area contributed by atoms with Crippen LogP contribution in [-0.4, -0.2) is 16.5 Å². The van der Waals surface area contributed by atoms with Gasteiger partial charge in [0.25, 0.3) is 5.91 Å². The average molecular weight is 251 g/mol. The smallest absolute Gasteiger partial charge is 0.268 e. The molecule has 3 N–H and O–H groups in total. The molecule has 0 saturated heterocycles. The van der Waals surface area contributed by atoms with E-state index in [9.17, 15) is 4.79 Å². The summed E-state index contributed by atoms with van der Waals surface area (Å²) in [4.78, 5) is 12.1. The van der Waals surface area contributed by atoms with Gasteiger partial charge < -0.3 is 15.6 Å². The Morgan fingerprint density at radius 1 is 1.44 bits per heavy atom. The standard InChI is InChI=1S/C14H25N3O/c1-5-10(3)7-11(4)16-14(18)13-8-12(15)9-17(13)6-2/h8-11H,5-7,15H2,1-4H3,(H,16,18). The molecular formula is C14H25N3O. The van der Waals surface area contributed by atoms with Gasteiger partial charge in [0.1, 0.15) is 5.69 Å². The van der Waals surface area contributed by atoms with Gasteiger partial charge in [-0.25, -0.2) is 0 Å². The summed E-state index contributed by atoms with van der Waals surface area (Å²) in [7, 11) is 0. The highest BCUT2D eigenvalue weighted by molar-refractivity contribution is 5.94. The SMILES string of the molecule is CCC(C)CC(C)NC(=O)c1cc(N)cn1CC. The molecule has 0 spiro atoms. The largest absolute Gasteiger partial charge is 0.397 e. The maximum atomic E-state index is 12.1. The maximum absolute atomic E-state index is 12.1. The van der Waals surface area contributed by atoms with Crippen LogP contribution in [0, 0.1) is 5.92 Å². The third kappa shape index (κ3) is 3.79. The molecule has 0 fully saturated rings. The lowest BCUT2D eigenvalue weighted by atomic mass is 10.0.